The van der Waals surface area contributed by atoms with Gasteiger partial charge in [0.15, 0.2) is 5.82 Å². The molecule has 0 bridgehead atoms. The first-order valence-electron chi connectivity index (χ1n) is 7.41. The molecule has 26 heavy (non-hydrogen) atoms. The van der Waals surface area contributed by atoms with Gasteiger partial charge in [-0.2, -0.15) is 18.3 Å². The van der Waals surface area contributed by atoms with E-state index in [2.05, 4.69) is 15.4 Å². The minimum Gasteiger partial charge on any atom is -0.319 e. The Morgan fingerprint density at radius 1 is 1.12 bits per heavy atom. The van der Waals surface area contributed by atoms with E-state index in [1.807, 2.05) is 0 Å². The van der Waals surface area contributed by atoms with Gasteiger partial charge in [0.1, 0.15) is 5.82 Å². The molecule has 2 heterocycles. The summed E-state index contributed by atoms with van der Waals surface area (Å²) < 4.78 is 52.7. The number of nitrogens with zero attached hydrogens (tertiary/aromatic N) is 3. The highest BCUT2D eigenvalue weighted by Gasteiger charge is 2.30. The van der Waals surface area contributed by atoms with Crippen LogP contribution in [0.1, 0.15) is 21.6 Å². The summed E-state index contributed by atoms with van der Waals surface area (Å²) in [5.41, 5.74) is -0.373. The van der Waals surface area contributed by atoms with Gasteiger partial charge in [0.2, 0.25) is 0 Å². The Morgan fingerprint density at radius 2 is 1.85 bits per heavy atom. The van der Waals surface area contributed by atoms with E-state index < -0.39 is 23.5 Å². The van der Waals surface area contributed by atoms with E-state index in [1.165, 1.54) is 29.1 Å². The topological polar surface area (TPSA) is 59.8 Å². The number of para-hydroxylation sites is 1. The first kappa shape index (κ1) is 17.6. The van der Waals surface area contributed by atoms with Crippen LogP contribution in [0.25, 0.3) is 5.82 Å². The molecule has 0 radical (unpaired) electrons. The number of carbonyl (C=O) groups is 1. The van der Waals surface area contributed by atoms with Gasteiger partial charge in [0, 0.05) is 6.20 Å². The maximum atomic E-state index is 13.6. The van der Waals surface area contributed by atoms with Crippen molar-refractivity contribution in [3.63, 3.8) is 0 Å². The van der Waals surface area contributed by atoms with E-state index in [9.17, 15) is 22.4 Å². The summed E-state index contributed by atoms with van der Waals surface area (Å²) in [5, 5.41) is 6.41. The van der Waals surface area contributed by atoms with Crippen LogP contribution in [0.3, 0.4) is 0 Å². The lowest BCUT2D eigenvalue weighted by Gasteiger charge is -2.08. The van der Waals surface area contributed by atoms with Crippen LogP contribution >= 0.6 is 0 Å². The molecule has 134 valence electrons. The number of halogens is 4. The van der Waals surface area contributed by atoms with Gasteiger partial charge in [0.25, 0.3) is 5.91 Å². The van der Waals surface area contributed by atoms with Crippen molar-refractivity contribution in [1.29, 1.82) is 0 Å². The van der Waals surface area contributed by atoms with E-state index >= 15 is 0 Å². The molecule has 3 aromatic rings. The molecule has 3 rings (SSSR count). The van der Waals surface area contributed by atoms with Crippen LogP contribution in [0.5, 0.6) is 0 Å². The number of amides is 1. The van der Waals surface area contributed by atoms with Crippen molar-refractivity contribution in [1.82, 2.24) is 14.8 Å². The van der Waals surface area contributed by atoms with Gasteiger partial charge in [-0.05, 0) is 31.2 Å². The van der Waals surface area contributed by atoms with Crippen LogP contribution in [-0.2, 0) is 6.18 Å². The van der Waals surface area contributed by atoms with E-state index in [0.29, 0.717) is 11.9 Å². The molecule has 0 saturated carbocycles. The number of rotatable bonds is 3. The molecule has 0 atom stereocenters. The SMILES string of the molecule is Cc1c(C(=O)Nc2ccccc2F)cnn1-c1ccc(C(F)(F)F)cn1. The highest BCUT2D eigenvalue weighted by molar-refractivity contribution is 6.05. The van der Waals surface area contributed by atoms with Crippen molar-refractivity contribution >= 4 is 11.6 Å². The molecule has 2 aromatic heterocycles. The monoisotopic (exact) mass is 364 g/mol. The number of hydrogen-bond donors (Lipinski definition) is 1. The van der Waals surface area contributed by atoms with Crippen molar-refractivity contribution in [2.24, 2.45) is 0 Å². The first-order valence-corrected chi connectivity index (χ1v) is 7.41. The maximum absolute atomic E-state index is 13.6. The van der Waals surface area contributed by atoms with Crippen LogP contribution in [0, 0.1) is 12.7 Å². The Bertz CT molecular complexity index is 948. The number of pyridine rings is 1. The summed E-state index contributed by atoms with van der Waals surface area (Å²) >= 11 is 0. The van der Waals surface area contributed by atoms with Gasteiger partial charge in [-0.3, -0.25) is 4.79 Å². The Balaban J connectivity index is 1.86. The molecular weight excluding hydrogens is 352 g/mol. The van der Waals surface area contributed by atoms with Crippen molar-refractivity contribution in [3.8, 4) is 5.82 Å². The molecule has 0 fully saturated rings. The molecule has 9 heteroatoms. The minimum absolute atomic E-state index is 0.0114. The quantitative estimate of drug-likeness (QED) is 0.715. The van der Waals surface area contributed by atoms with Gasteiger partial charge >= 0.3 is 6.18 Å². The Kier molecular flexibility index (Phi) is 4.45. The van der Waals surface area contributed by atoms with E-state index in [0.717, 1.165) is 12.1 Å². The van der Waals surface area contributed by atoms with Gasteiger partial charge in [-0.25, -0.2) is 14.1 Å². The highest BCUT2D eigenvalue weighted by Crippen LogP contribution is 2.28. The van der Waals surface area contributed by atoms with Crippen molar-refractivity contribution in [2.45, 2.75) is 13.1 Å². The second-order valence-electron chi connectivity index (χ2n) is 5.39. The molecule has 0 spiro atoms. The first-order chi connectivity index (χ1) is 12.3. The summed E-state index contributed by atoms with van der Waals surface area (Å²) in [7, 11) is 0. The molecule has 5 nitrogen and oxygen atoms in total. The normalized spacial score (nSPS) is 11.4. The summed E-state index contributed by atoms with van der Waals surface area (Å²) in [6.07, 6.45) is -2.56. The highest BCUT2D eigenvalue weighted by atomic mass is 19.4. The molecule has 0 unspecified atom stereocenters. The Morgan fingerprint density at radius 3 is 2.46 bits per heavy atom. The second kappa shape index (κ2) is 6.58. The fraction of sp³-hybridized carbons (Fsp3) is 0.118. The van der Waals surface area contributed by atoms with E-state index in [-0.39, 0.29) is 17.1 Å². The molecule has 1 N–H and O–H groups in total. The predicted molar refractivity (Wildman–Crippen MR) is 85.5 cm³/mol. The average molecular weight is 364 g/mol. The molecule has 1 aromatic carbocycles. The molecule has 1 amide bonds. The van der Waals surface area contributed by atoms with E-state index in [4.69, 9.17) is 0 Å². The van der Waals surface area contributed by atoms with E-state index in [1.54, 1.807) is 13.0 Å². The minimum atomic E-state index is -4.49. The van der Waals surface area contributed by atoms with Crippen LogP contribution in [0.4, 0.5) is 23.2 Å². The predicted octanol–water partition coefficient (Wildman–Crippen LogP) is 3.99. The van der Waals surface area contributed by atoms with Gasteiger partial charge < -0.3 is 5.32 Å². The summed E-state index contributed by atoms with van der Waals surface area (Å²) in [5.74, 6) is -1.05. The van der Waals surface area contributed by atoms with Gasteiger partial charge in [-0.1, -0.05) is 12.1 Å². The zero-order valence-electron chi connectivity index (χ0n) is 13.4. The number of benzene rings is 1. The van der Waals surface area contributed by atoms with Crippen molar-refractivity contribution < 1.29 is 22.4 Å². The maximum Gasteiger partial charge on any atom is 0.417 e. The van der Waals surface area contributed by atoms with Gasteiger partial charge in [-0.15, -0.1) is 0 Å². The third kappa shape index (κ3) is 3.41. The summed E-state index contributed by atoms with van der Waals surface area (Å²) in [6.45, 7) is 1.56. The summed E-state index contributed by atoms with van der Waals surface area (Å²) in [4.78, 5) is 16.1. The van der Waals surface area contributed by atoms with Crippen molar-refractivity contribution in [3.05, 3.63) is 71.4 Å². The standard InChI is InChI=1S/C17H12F4N4O/c1-10-12(16(26)24-14-5-3-2-4-13(14)18)9-23-25(10)15-7-6-11(8-22-15)17(19,20)21/h2-9H,1H3,(H,24,26). The Hall–Kier alpha value is -3.23. The van der Waals surface area contributed by atoms with Crippen molar-refractivity contribution in [2.75, 3.05) is 5.32 Å². The fourth-order valence-electron chi connectivity index (χ4n) is 2.29. The molecule has 0 aliphatic rings. The average Bonchev–Trinajstić information content (AvgIpc) is 2.98. The third-order valence-corrected chi connectivity index (χ3v) is 3.67. The van der Waals surface area contributed by atoms with Gasteiger partial charge in [0.05, 0.1) is 28.7 Å². The number of alkyl halides is 3. The number of aromatic nitrogens is 3. The number of hydrogen-bond acceptors (Lipinski definition) is 3. The number of carbonyl (C=O) groups excluding carboxylic acids is 1. The number of nitrogens with one attached hydrogen (secondary N) is 1. The lowest BCUT2D eigenvalue weighted by molar-refractivity contribution is -0.137. The van der Waals surface area contributed by atoms with Crippen LogP contribution in [-0.4, -0.2) is 20.7 Å². The lowest BCUT2D eigenvalue weighted by Crippen LogP contribution is -2.14. The van der Waals surface area contributed by atoms with Crippen LogP contribution in [0.15, 0.2) is 48.8 Å². The Labute approximate surface area is 145 Å². The lowest BCUT2D eigenvalue weighted by atomic mass is 10.2. The zero-order chi connectivity index (χ0) is 18.9. The number of anilines is 1. The molecular formula is C17H12F4N4O. The molecule has 0 saturated heterocycles. The fourth-order valence-corrected chi connectivity index (χ4v) is 2.29. The largest absolute Gasteiger partial charge is 0.417 e. The molecule has 0 aliphatic heterocycles. The molecule has 0 aliphatic carbocycles. The second-order valence-corrected chi connectivity index (χ2v) is 5.39. The third-order valence-electron chi connectivity index (χ3n) is 3.67. The zero-order valence-corrected chi connectivity index (χ0v) is 13.4. The summed E-state index contributed by atoms with van der Waals surface area (Å²) in [6, 6.07) is 7.71. The van der Waals surface area contributed by atoms with Crippen LogP contribution < -0.4 is 5.32 Å². The van der Waals surface area contributed by atoms with Crippen LogP contribution in [0.2, 0.25) is 0 Å². The smallest absolute Gasteiger partial charge is 0.319 e.